The number of benzene rings is 2. The molecule has 31 heavy (non-hydrogen) atoms. The number of nitrogens with one attached hydrogen (secondary N) is 1. The van der Waals surface area contributed by atoms with Gasteiger partial charge < -0.3 is 10.1 Å². The van der Waals surface area contributed by atoms with Crippen LogP contribution in [0.2, 0.25) is 0 Å². The van der Waals surface area contributed by atoms with Crippen molar-refractivity contribution in [2.24, 2.45) is 0 Å². The molecule has 0 radical (unpaired) electrons. The monoisotopic (exact) mass is 435 g/mol. The van der Waals surface area contributed by atoms with Gasteiger partial charge in [-0.2, -0.15) is 0 Å². The number of rotatable bonds is 7. The molecule has 1 aliphatic heterocycles. The van der Waals surface area contributed by atoms with Crippen molar-refractivity contribution in [3.63, 3.8) is 0 Å². The van der Waals surface area contributed by atoms with Gasteiger partial charge in [0.25, 0.3) is 5.91 Å². The second-order valence-electron chi connectivity index (χ2n) is 8.24. The molecule has 0 saturated carbocycles. The fourth-order valence-corrected chi connectivity index (χ4v) is 4.51. The van der Waals surface area contributed by atoms with Crippen LogP contribution in [0.4, 0.5) is 0 Å². The zero-order chi connectivity index (χ0) is 21.6. The number of thiazole rings is 1. The third kappa shape index (κ3) is 6.15. The Morgan fingerprint density at radius 2 is 1.90 bits per heavy atom. The van der Waals surface area contributed by atoms with E-state index in [0.717, 1.165) is 43.2 Å². The first-order valence-electron chi connectivity index (χ1n) is 10.8. The number of hydrogen-bond donors (Lipinski definition) is 1. The second kappa shape index (κ2) is 10.1. The van der Waals surface area contributed by atoms with E-state index in [1.165, 1.54) is 28.0 Å². The number of aromatic nitrogens is 1. The average molecular weight is 436 g/mol. The molecule has 0 aliphatic carbocycles. The van der Waals surface area contributed by atoms with Crippen LogP contribution in [0.3, 0.4) is 0 Å². The molecule has 1 aromatic heterocycles. The molecule has 162 valence electrons. The molecule has 2 aromatic carbocycles. The summed E-state index contributed by atoms with van der Waals surface area (Å²) >= 11 is 1.46. The number of carbonyl (C=O) groups is 1. The molecule has 2 heterocycles. The quantitative estimate of drug-likeness (QED) is 0.583. The van der Waals surface area contributed by atoms with Crippen molar-refractivity contribution in [2.75, 3.05) is 13.1 Å². The summed E-state index contributed by atoms with van der Waals surface area (Å²) in [5, 5.41) is 5.78. The van der Waals surface area contributed by atoms with Gasteiger partial charge in [-0.15, -0.1) is 11.3 Å². The summed E-state index contributed by atoms with van der Waals surface area (Å²) in [5.74, 6) is 0.721. The van der Waals surface area contributed by atoms with Gasteiger partial charge in [0, 0.05) is 31.1 Å². The summed E-state index contributed by atoms with van der Waals surface area (Å²) in [6.45, 7) is 7.50. The van der Waals surface area contributed by atoms with Crippen molar-refractivity contribution in [2.45, 2.75) is 45.9 Å². The maximum atomic E-state index is 12.6. The summed E-state index contributed by atoms with van der Waals surface area (Å²) < 4.78 is 5.77. The van der Waals surface area contributed by atoms with E-state index in [9.17, 15) is 4.79 Å². The van der Waals surface area contributed by atoms with Gasteiger partial charge in [-0.25, -0.2) is 4.98 Å². The lowest BCUT2D eigenvalue weighted by Gasteiger charge is -2.32. The molecule has 6 heteroatoms. The van der Waals surface area contributed by atoms with E-state index < -0.39 is 0 Å². The Bertz CT molecular complexity index is 1010. The summed E-state index contributed by atoms with van der Waals surface area (Å²) in [6, 6.07) is 16.8. The van der Waals surface area contributed by atoms with E-state index >= 15 is 0 Å². The van der Waals surface area contributed by atoms with E-state index in [-0.39, 0.29) is 11.9 Å². The Hall–Kier alpha value is -2.70. The summed E-state index contributed by atoms with van der Waals surface area (Å²) in [5.41, 5.74) is 4.33. The smallest absolute Gasteiger partial charge is 0.270 e. The molecule has 1 N–H and O–H groups in total. The Morgan fingerprint density at radius 1 is 1.13 bits per heavy atom. The lowest BCUT2D eigenvalue weighted by atomic mass is 10.0. The van der Waals surface area contributed by atoms with Crippen LogP contribution in [0.5, 0.6) is 5.75 Å². The number of likely N-dealkylation sites (tertiary alicyclic amines) is 1. The Balaban J connectivity index is 1.22. The van der Waals surface area contributed by atoms with Crippen molar-refractivity contribution in [3.05, 3.63) is 81.3 Å². The Morgan fingerprint density at radius 3 is 2.65 bits per heavy atom. The first kappa shape index (κ1) is 21.5. The predicted molar refractivity (Wildman–Crippen MR) is 125 cm³/mol. The summed E-state index contributed by atoms with van der Waals surface area (Å²) in [7, 11) is 0. The third-order valence-electron chi connectivity index (χ3n) is 5.58. The lowest BCUT2D eigenvalue weighted by molar-refractivity contribution is 0.0904. The molecule has 0 spiro atoms. The normalized spacial score (nSPS) is 15.0. The molecule has 1 amide bonds. The van der Waals surface area contributed by atoms with Crippen molar-refractivity contribution in [3.8, 4) is 5.75 Å². The molecule has 1 aliphatic rings. The second-order valence-corrected chi connectivity index (χ2v) is 9.18. The topological polar surface area (TPSA) is 54.5 Å². The molecular weight excluding hydrogens is 406 g/mol. The van der Waals surface area contributed by atoms with Crippen LogP contribution in [-0.4, -0.2) is 34.9 Å². The van der Waals surface area contributed by atoms with E-state index in [0.29, 0.717) is 12.3 Å². The molecule has 5 nitrogen and oxygen atoms in total. The fourth-order valence-electron chi connectivity index (χ4n) is 3.82. The van der Waals surface area contributed by atoms with Gasteiger partial charge in [-0.05, 0) is 44.4 Å². The molecule has 1 saturated heterocycles. The number of piperidine rings is 1. The van der Waals surface area contributed by atoms with E-state index in [4.69, 9.17) is 4.74 Å². The third-order valence-corrected chi connectivity index (χ3v) is 6.40. The van der Waals surface area contributed by atoms with E-state index in [1.807, 2.05) is 36.6 Å². The van der Waals surface area contributed by atoms with Crippen LogP contribution in [-0.2, 0) is 13.2 Å². The SMILES string of the molecule is Cc1ccc(OCc2nc(C(=O)NC3CCN(Cc4cccc(C)c4)CC3)cs2)cc1. The van der Waals surface area contributed by atoms with Crippen LogP contribution < -0.4 is 10.1 Å². The van der Waals surface area contributed by atoms with E-state index in [1.54, 1.807) is 0 Å². The lowest BCUT2D eigenvalue weighted by Crippen LogP contribution is -2.44. The van der Waals surface area contributed by atoms with E-state index in [2.05, 4.69) is 46.4 Å². The van der Waals surface area contributed by atoms with Gasteiger partial charge in [0.2, 0.25) is 0 Å². The largest absolute Gasteiger partial charge is 0.486 e. The van der Waals surface area contributed by atoms with Crippen molar-refractivity contribution >= 4 is 17.2 Å². The zero-order valence-electron chi connectivity index (χ0n) is 18.1. The zero-order valence-corrected chi connectivity index (χ0v) is 19.0. The average Bonchev–Trinajstić information content (AvgIpc) is 3.24. The van der Waals surface area contributed by atoms with Crippen molar-refractivity contribution in [1.82, 2.24) is 15.2 Å². The predicted octanol–water partition coefficient (Wildman–Crippen LogP) is 4.73. The van der Waals surface area contributed by atoms with Crippen LogP contribution >= 0.6 is 11.3 Å². The van der Waals surface area contributed by atoms with Gasteiger partial charge in [0.05, 0.1) is 0 Å². The minimum atomic E-state index is -0.0880. The number of amides is 1. The highest BCUT2D eigenvalue weighted by Gasteiger charge is 2.22. The number of nitrogens with zero attached hydrogens (tertiary/aromatic N) is 2. The van der Waals surface area contributed by atoms with Gasteiger partial charge >= 0.3 is 0 Å². The number of ether oxygens (including phenoxy) is 1. The Kier molecular flexibility index (Phi) is 6.99. The van der Waals surface area contributed by atoms with Gasteiger partial charge in [0.1, 0.15) is 23.1 Å². The van der Waals surface area contributed by atoms with Crippen LogP contribution in [0.15, 0.2) is 53.9 Å². The van der Waals surface area contributed by atoms with Crippen molar-refractivity contribution in [1.29, 1.82) is 0 Å². The van der Waals surface area contributed by atoms with Gasteiger partial charge in [0.15, 0.2) is 0 Å². The highest BCUT2D eigenvalue weighted by Crippen LogP contribution is 2.18. The minimum Gasteiger partial charge on any atom is -0.486 e. The molecular formula is C25H29N3O2S. The van der Waals surface area contributed by atoms with Crippen LogP contribution in [0, 0.1) is 13.8 Å². The first-order chi connectivity index (χ1) is 15.0. The minimum absolute atomic E-state index is 0.0880. The number of carbonyl (C=O) groups excluding carboxylic acids is 1. The number of hydrogen-bond acceptors (Lipinski definition) is 5. The highest BCUT2D eigenvalue weighted by molar-refractivity contribution is 7.09. The first-order valence-corrected chi connectivity index (χ1v) is 11.7. The molecule has 1 fully saturated rings. The maximum Gasteiger partial charge on any atom is 0.270 e. The molecule has 4 rings (SSSR count). The van der Waals surface area contributed by atoms with Crippen LogP contribution in [0.1, 0.15) is 45.0 Å². The molecule has 3 aromatic rings. The molecule has 0 bridgehead atoms. The molecule has 0 atom stereocenters. The van der Waals surface area contributed by atoms with Gasteiger partial charge in [-0.3, -0.25) is 9.69 Å². The number of aryl methyl sites for hydroxylation is 2. The standard InChI is InChI=1S/C25H29N3O2S/c1-18-6-8-22(9-7-18)30-16-24-27-23(17-31-24)25(29)26-21-10-12-28(13-11-21)15-20-5-3-4-19(2)14-20/h3-9,14,17,21H,10-13,15-16H2,1-2H3,(H,26,29). The van der Waals surface area contributed by atoms with Crippen molar-refractivity contribution < 1.29 is 9.53 Å². The summed E-state index contributed by atoms with van der Waals surface area (Å²) in [4.78, 5) is 19.5. The Labute approximate surface area is 188 Å². The molecule has 0 unspecified atom stereocenters. The fraction of sp³-hybridized carbons (Fsp3) is 0.360. The highest BCUT2D eigenvalue weighted by atomic mass is 32.1. The maximum absolute atomic E-state index is 12.6. The summed E-state index contributed by atoms with van der Waals surface area (Å²) in [6.07, 6.45) is 1.93. The van der Waals surface area contributed by atoms with Crippen LogP contribution in [0.25, 0.3) is 0 Å². The van der Waals surface area contributed by atoms with Gasteiger partial charge in [-0.1, -0.05) is 47.5 Å².